The average molecular weight is 453 g/mol. The van der Waals surface area contributed by atoms with Gasteiger partial charge in [-0.25, -0.2) is 8.42 Å². The third kappa shape index (κ3) is 5.39. The van der Waals surface area contributed by atoms with E-state index < -0.39 is 10.0 Å². The lowest BCUT2D eigenvalue weighted by Gasteiger charge is -2.22. The topological polar surface area (TPSA) is 79.6 Å². The number of carbonyl (C=O) groups excluding carboxylic acids is 1. The van der Waals surface area contributed by atoms with Crippen molar-refractivity contribution >= 4 is 44.8 Å². The molecule has 0 spiro atoms. The first-order chi connectivity index (χ1) is 13.8. The molecule has 0 atom stereocenters. The molecule has 0 bridgehead atoms. The minimum atomic E-state index is -3.86. The highest BCUT2D eigenvalue weighted by Crippen LogP contribution is 2.26. The van der Waals surface area contributed by atoms with Crippen LogP contribution >= 0.6 is 23.2 Å². The highest BCUT2D eigenvalue weighted by molar-refractivity contribution is 7.89. The molecule has 1 heterocycles. The number of benzene rings is 2. The molecule has 0 fully saturated rings. The Hall–Kier alpha value is -2.32. The molecule has 0 unspecified atom stereocenters. The maximum Gasteiger partial charge on any atom is 0.243 e. The lowest BCUT2D eigenvalue weighted by Crippen LogP contribution is -2.30. The summed E-state index contributed by atoms with van der Waals surface area (Å²) in [6, 6.07) is 14.4. The molecule has 0 aliphatic heterocycles. The number of sulfonamides is 1. The predicted molar refractivity (Wildman–Crippen MR) is 112 cm³/mol. The van der Waals surface area contributed by atoms with E-state index in [1.54, 1.807) is 42.5 Å². The molecule has 152 valence electrons. The van der Waals surface area contributed by atoms with Crippen LogP contribution in [0.1, 0.15) is 18.2 Å². The van der Waals surface area contributed by atoms with Crippen LogP contribution in [0.25, 0.3) is 0 Å². The second-order valence-corrected chi connectivity index (χ2v) is 9.06. The summed E-state index contributed by atoms with van der Waals surface area (Å²) in [5, 5.41) is 3.35. The van der Waals surface area contributed by atoms with Gasteiger partial charge in [-0.3, -0.25) is 4.79 Å². The van der Waals surface area contributed by atoms with E-state index in [2.05, 4.69) is 5.32 Å². The largest absolute Gasteiger partial charge is 0.468 e. The number of hydrogen-bond donors (Lipinski definition) is 1. The van der Waals surface area contributed by atoms with Crippen molar-refractivity contribution in [1.29, 1.82) is 0 Å². The number of carbonyl (C=O) groups is 1. The van der Waals surface area contributed by atoms with E-state index in [9.17, 15) is 13.2 Å². The van der Waals surface area contributed by atoms with Crippen molar-refractivity contribution in [3.05, 3.63) is 82.2 Å². The second kappa shape index (κ2) is 9.00. The average Bonchev–Trinajstić information content (AvgIpc) is 3.17. The zero-order valence-corrected chi connectivity index (χ0v) is 17.8. The zero-order valence-electron chi connectivity index (χ0n) is 15.4. The quantitative estimate of drug-likeness (QED) is 0.550. The molecule has 0 radical (unpaired) electrons. The first-order valence-electron chi connectivity index (χ1n) is 8.60. The molecule has 29 heavy (non-hydrogen) atoms. The summed E-state index contributed by atoms with van der Waals surface area (Å²) in [5.74, 6) is 0.267. The number of amides is 1. The van der Waals surface area contributed by atoms with Crippen LogP contribution in [0.2, 0.25) is 10.0 Å². The molecule has 1 N–H and O–H groups in total. The van der Waals surface area contributed by atoms with Gasteiger partial charge in [0, 0.05) is 19.2 Å². The van der Waals surface area contributed by atoms with Gasteiger partial charge in [-0.15, -0.1) is 0 Å². The first kappa shape index (κ1) is 21.4. The van der Waals surface area contributed by atoms with Gasteiger partial charge in [0.1, 0.15) is 5.76 Å². The van der Waals surface area contributed by atoms with Crippen LogP contribution in [0.3, 0.4) is 0 Å². The Kier molecular flexibility index (Phi) is 6.64. The third-order valence-electron chi connectivity index (χ3n) is 4.07. The molecule has 1 amide bonds. The number of hydrogen-bond acceptors (Lipinski definition) is 4. The van der Waals surface area contributed by atoms with Gasteiger partial charge in [-0.2, -0.15) is 4.31 Å². The van der Waals surface area contributed by atoms with Crippen molar-refractivity contribution in [2.45, 2.75) is 24.9 Å². The van der Waals surface area contributed by atoms with Crippen LogP contribution in [0.5, 0.6) is 0 Å². The summed E-state index contributed by atoms with van der Waals surface area (Å²) < 4.78 is 33.2. The molecule has 9 heteroatoms. The van der Waals surface area contributed by atoms with Gasteiger partial charge in [-0.05, 0) is 54.1 Å². The van der Waals surface area contributed by atoms with Crippen LogP contribution in [0, 0.1) is 0 Å². The van der Waals surface area contributed by atoms with E-state index in [1.165, 1.54) is 29.6 Å². The Bertz CT molecular complexity index is 1100. The van der Waals surface area contributed by atoms with Crippen molar-refractivity contribution in [1.82, 2.24) is 4.31 Å². The fourth-order valence-electron chi connectivity index (χ4n) is 2.71. The maximum atomic E-state index is 13.3. The van der Waals surface area contributed by atoms with Gasteiger partial charge in [0.25, 0.3) is 0 Å². The highest BCUT2D eigenvalue weighted by Gasteiger charge is 2.26. The molecular weight excluding hydrogens is 435 g/mol. The molecule has 2 aromatic carbocycles. The van der Waals surface area contributed by atoms with E-state index in [-0.39, 0.29) is 23.9 Å². The van der Waals surface area contributed by atoms with Crippen LogP contribution in [0.15, 0.2) is 70.2 Å². The Balaban J connectivity index is 1.92. The maximum absolute atomic E-state index is 13.3. The lowest BCUT2D eigenvalue weighted by atomic mass is 10.2. The minimum absolute atomic E-state index is 0.0447. The fourth-order valence-corrected chi connectivity index (χ4v) is 4.42. The lowest BCUT2D eigenvalue weighted by molar-refractivity contribution is -0.114. The van der Waals surface area contributed by atoms with Crippen molar-refractivity contribution in [3.63, 3.8) is 0 Å². The SMILES string of the molecule is CC(=O)Nc1ccc(S(=O)(=O)N(Cc2ccc(Cl)c(Cl)c2)Cc2ccco2)cc1. The number of halogens is 2. The molecule has 0 saturated carbocycles. The van der Waals surface area contributed by atoms with Crippen molar-refractivity contribution in [3.8, 4) is 0 Å². The number of rotatable bonds is 7. The number of nitrogens with one attached hydrogen (secondary N) is 1. The normalized spacial score (nSPS) is 11.6. The van der Waals surface area contributed by atoms with Gasteiger partial charge >= 0.3 is 0 Å². The third-order valence-corrected chi connectivity index (χ3v) is 6.61. The smallest absolute Gasteiger partial charge is 0.243 e. The van der Waals surface area contributed by atoms with E-state index in [0.29, 0.717) is 27.1 Å². The summed E-state index contributed by atoms with van der Waals surface area (Å²) in [6.45, 7) is 1.50. The van der Waals surface area contributed by atoms with Gasteiger partial charge in [-0.1, -0.05) is 29.3 Å². The van der Waals surface area contributed by atoms with Crippen LogP contribution < -0.4 is 5.32 Å². The fraction of sp³-hybridized carbons (Fsp3) is 0.150. The van der Waals surface area contributed by atoms with Gasteiger partial charge in [0.05, 0.1) is 27.7 Å². The summed E-state index contributed by atoms with van der Waals surface area (Å²) >= 11 is 12.0. The minimum Gasteiger partial charge on any atom is -0.468 e. The van der Waals surface area contributed by atoms with Crippen molar-refractivity contribution in [2.75, 3.05) is 5.32 Å². The Morgan fingerprint density at radius 3 is 2.34 bits per heavy atom. The monoisotopic (exact) mass is 452 g/mol. The standard InChI is InChI=1S/C20H18Cl2N2O4S/c1-14(25)23-16-5-7-18(8-6-16)29(26,27)24(13-17-3-2-10-28-17)12-15-4-9-19(21)20(22)11-15/h2-11H,12-13H2,1H3,(H,23,25). The Morgan fingerprint density at radius 2 is 1.76 bits per heavy atom. The van der Waals surface area contributed by atoms with Crippen LogP contribution in [-0.4, -0.2) is 18.6 Å². The van der Waals surface area contributed by atoms with Crippen LogP contribution in [-0.2, 0) is 27.9 Å². The molecule has 0 aliphatic rings. The summed E-state index contributed by atoms with van der Waals surface area (Å²) in [4.78, 5) is 11.3. The number of furan rings is 1. The molecule has 1 aromatic heterocycles. The molecular formula is C20H18Cl2N2O4S. The predicted octanol–water partition coefficient (Wildman–Crippen LogP) is 4.94. The van der Waals surface area contributed by atoms with Crippen LogP contribution in [0.4, 0.5) is 5.69 Å². The number of anilines is 1. The Labute approximate surface area is 179 Å². The van der Waals surface area contributed by atoms with Crippen molar-refractivity contribution < 1.29 is 17.6 Å². The van der Waals surface area contributed by atoms with E-state index in [1.807, 2.05) is 0 Å². The van der Waals surface area contributed by atoms with E-state index in [4.69, 9.17) is 27.6 Å². The molecule has 3 rings (SSSR count). The van der Waals surface area contributed by atoms with E-state index >= 15 is 0 Å². The number of nitrogens with zero attached hydrogens (tertiary/aromatic N) is 1. The second-order valence-electron chi connectivity index (χ2n) is 6.31. The molecule has 0 saturated heterocycles. The molecule has 6 nitrogen and oxygen atoms in total. The first-order valence-corrected chi connectivity index (χ1v) is 10.8. The van der Waals surface area contributed by atoms with Gasteiger partial charge in [0.15, 0.2) is 0 Å². The summed E-state index contributed by atoms with van der Waals surface area (Å²) in [5.41, 5.74) is 1.20. The van der Waals surface area contributed by atoms with Gasteiger partial charge < -0.3 is 9.73 Å². The molecule has 0 aliphatic carbocycles. The van der Waals surface area contributed by atoms with Gasteiger partial charge in [0.2, 0.25) is 15.9 Å². The summed E-state index contributed by atoms with van der Waals surface area (Å²) in [7, 11) is -3.86. The van der Waals surface area contributed by atoms with Crippen molar-refractivity contribution in [2.24, 2.45) is 0 Å². The Morgan fingerprint density at radius 1 is 1.03 bits per heavy atom. The van der Waals surface area contributed by atoms with E-state index in [0.717, 1.165) is 0 Å². The molecule has 3 aromatic rings. The highest BCUT2D eigenvalue weighted by atomic mass is 35.5. The summed E-state index contributed by atoms with van der Waals surface area (Å²) in [6.07, 6.45) is 1.49. The zero-order chi connectivity index (χ0) is 21.0.